The van der Waals surface area contributed by atoms with Gasteiger partial charge in [0.1, 0.15) is 0 Å². The van der Waals surface area contributed by atoms with Gasteiger partial charge in [0, 0.05) is 11.1 Å². The maximum absolute atomic E-state index is 12.5. The third-order valence-corrected chi connectivity index (χ3v) is 7.97. The summed E-state index contributed by atoms with van der Waals surface area (Å²) in [7, 11) is -7.82. The number of carbonyl (C=O) groups is 1. The van der Waals surface area contributed by atoms with Crippen LogP contribution in [-0.4, -0.2) is 22.7 Å². The molecule has 0 atom stereocenters. The first-order valence-corrected chi connectivity index (χ1v) is 12.3. The predicted octanol–water partition coefficient (Wildman–Crippen LogP) is 3.18. The fourth-order valence-electron chi connectivity index (χ4n) is 3.32. The van der Waals surface area contributed by atoms with Gasteiger partial charge in [-0.15, -0.1) is 0 Å². The maximum Gasteiger partial charge on any atom is 0.264 e. The summed E-state index contributed by atoms with van der Waals surface area (Å²) in [4.78, 5) is 12.4. The van der Waals surface area contributed by atoms with Crippen molar-refractivity contribution in [2.24, 2.45) is 5.41 Å². The van der Waals surface area contributed by atoms with Gasteiger partial charge in [-0.3, -0.25) is 9.52 Å². The van der Waals surface area contributed by atoms with E-state index < -0.39 is 31.4 Å². The Kier molecular flexibility index (Phi) is 5.73. The summed E-state index contributed by atoms with van der Waals surface area (Å²) in [5, 5.41) is 0. The van der Waals surface area contributed by atoms with E-state index in [9.17, 15) is 21.6 Å². The van der Waals surface area contributed by atoms with Crippen molar-refractivity contribution < 1.29 is 21.6 Å². The first-order chi connectivity index (χ1) is 13.5. The zero-order valence-electron chi connectivity index (χ0n) is 16.3. The van der Waals surface area contributed by atoms with E-state index in [1.54, 1.807) is 19.1 Å². The lowest BCUT2D eigenvalue weighted by molar-refractivity contribution is -0.127. The Balaban J connectivity index is 1.73. The number of hydrogen-bond acceptors (Lipinski definition) is 5. The van der Waals surface area contributed by atoms with Crippen molar-refractivity contribution in [2.75, 3.05) is 4.72 Å². The molecule has 2 aromatic carbocycles. The van der Waals surface area contributed by atoms with E-state index in [-0.39, 0.29) is 15.5 Å². The molecule has 1 amide bonds. The van der Waals surface area contributed by atoms with E-state index in [1.807, 2.05) is 6.92 Å². The lowest BCUT2D eigenvalue weighted by atomic mass is 9.88. The Morgan fingerprint density at radius 3 is 1.86 bits per heavy atom. The SMILES string of the molecule is Cc1ccc(S(=O)(=O)Nc2ccc(S(=O)(=O)NC(=O)C3(C)CCCC3)cc2)cc1. The van der Waals surface area contributed by atoms with E-state index >= 15 is 0 Å². The molecule has 9 heteroatoms. The first-order valence-electron chi connectivity index (χ1n) is 9.29. The van der Waals surface area contributed by atoms with Crippen LogP contribution in [0.1, 0.15) is 38.2 Å². The first kappa shape index (κ1) is 21.3. The van der Waals surface area contributed by atoms with E-state index in [4.69, 9.17) is 0 Å². The average molecular weight is 437 g/mol. The molecule has 1 aliphatic rings. The van der Waals surface area contributed by atoms with Gasteiger partial charge in [-0.25, -0.2) is 21.6 Å². The smallest absolute Gasteiger partial charge is 0.264 e. The Morgan fingerprint density at radius 1 is 0.828 bits per heavy atom. The number of sulfonamides is 2. The molecule has 0 unspecified atom stereocenters. The van der Waals surface area contributed by atoms with Crippen molar-refractivity contribution >= 4 is 31.6 Å². The molecular weight excluding hydrogens is 412 g/mol. The summed E-state index contributed by atoms with van der Waals surface area (Å²) in [5.74, 6) is -0.501. The van der Waals surface area contributed by atoms with Crippen LogP contribution in [0.5, 0.6) is 0 Å². The Morgan fingerprint density at radius 2 is 1.31 bits per heavy atom. The molecule has 156 valence electrons. The highest BCUT2D eigenvalue weighted by Crippen LogP contribution is 2.37. The maximum atomic E-state index is 12.5. The summed E-state index contributed by atoms with van der Waals surface area (Å²) in [6.45, 7) is 3.63. The number of anilines is 1. The molecule has 7 nitrogen and oxygen atoms in total. The van der Waals surface area contributed by atoms with Crippen molar-refractivity contribution in [1.82, 2.24) is 4.72 Å². The van der Waals surface area contributed by atoms with E-state index in [1.165, 1.54) is 36.4 Å². The Labute approximate surface area is 171 Å². The van der Waals surface area contributed by atoms with Gasteiger partial charge < -0.3 is 0 Å². The summed E-state index contributed by atoms with van der Waals surface area (Å²) >= 11 is 0. The van der Waals surface area contributed by atoms with Gasteiger partial charge in [0.25, 0.3) is 20.0 Å². The summed E-state index contributed by atoms with van der Waals surface area (Å²) in [6, 6.07) is 11.6. The van der Waals surface area contributed by atoms with Crippen LogP contribution in [0.15, 0.2) is 58.3 Å². The molecule has 0 aliphatic heterocycles. The number of benzene rings is 2. The molecule has 0 aromatic heterocycles. The molecule has 2 N–H and O–H groups in total. The van der Waals surface area contributed by atoms with Crippen LogP contribution >= 0.6 is 0 Å². The minimum absolute atomic E-state index is 0.106. The second-order valence-corrected chi connectivity index (χ2v) is 11.0. The van der Waals surface area contributed by atoms with E-state index in [2.05, 4.69) is 9.44 Å². The lowest BCUT2D eigenvalue weighted by Gasteiger charge is -2.22. The van der Waals surface area contributed by atoms with Crippen LogP contribution in [0.4, 0.5) is 5.69 Å². The Hall–Kier alpha value is -2.39. The second-order valence-electron chi connectivity index (χ2n) is 7.65. The minimum Gasteiger partial charge on any atom is -0.280 e. The van der Waals surface area contributed by atoms with Crippen molar-refractivity contribution in [2.45, 2.75) is 49.3 Å². The fraction of sp³-hybridized carbons (Fsp3) is 0.350. The molecule has 29 heavy (non-hydrogen) atoms. The van der Waals surface area contributed by atoms with Crippen LogP contribution in [0.25, 0.3) is 0 Å². The van der Waals surface area contributed by atoms with Gasteiger partial charge in [-0.2, -0.15) is 0 Å². The Bertz CT molecular complexity index is 1100. The predicted molar refractivity (Wildman–Crippen MR) is 110 cm³/mol. The largest absolute Gasteiger partial charge is 0.280 e. The molecule has 1 aliphatic carbocycles. The molecule has 0 saturated heterocycles. The molecule has 1 fully saturated rings. The summed E-state index contributed by atoms with van der Waals surface area (Å²) in [5.41, 5.74) is 0.488. The minimum atomic E-state index is -4.03. The molecule has 0 spiro atoms. The zero-order valence-corrected chi connectivity index (χ0v) is 17.9. The van der Waals surface area contributed by atoms with Crippen LogP contribution in [0.3, 0.4) is 0 Å². The fourth-order valence-corrected chi connectivity index (χ4v) is 5.48. The van der Waals surface area contributed by atoms with Crippen molar-refractivity contribution in [1.29, 1.82) is 0 Å². The lowest BCUT2D eigenvalue weighted by Crippen LogP contribution is -2.40. The molecule has 0 bridgehead atoms. The molecule has 1 saturated carbocycles. The van der Waals surface area contributed by atoms with Gasteiger partial charge in [-0.05, 0) is 56.2 Å². The number of aryl methyl sites for hydroxylation is 1. The molecule has 0 heterocycles. The third kappa shape index (κ3) is 4.79. The number of carbonyl (C=O) groups excluding carboxylic acids is 1. The van der Waals surface area contributed by atoms with Crippen molar-refractivity contribution in [3.63, 3.8) is 0 Å². The third-order valence-electron chi connectivity index (χ3n) is 5.23. The van der Waals surface area contributed by atoms with Crippen LogP contribution in [0, 0.1) is 12.3 Å². The molecule has 3 rings (SSSR count). The van der Waals surface area contributed by atoms with Crippen LogP contribution in [0.2, 0.25) is 0 Å². The highest BCUT2D eigenvalue weighted by molar-refractivity contribution is 7.92. The van der Waals surface area contributed by atoms with E-state index in [0.29, 0.717) is 12.8 Å². The average Bonchev–Trinajstić information content (AvgIpc) is 3.10. The van der Waals surface area contributed by atoms with Crippen molar-refractivity contribution in [3.05, 3.63) is 54.1 Å². The number of nitrogens with one attached hydrogen (secondary N) is 2. The highest BCUT2D eigenvalue weighted by atomic mass is 32.2. The monoisotopic (exact) mass is 436 g/mol. The molecular formula is C20H24N2O5S2. The van der Waals surface area contributed by atoms with Gasteiger partial charge >= 0.3 is 0 Å². The van der Waals surface area contributed by atoms with Gasteiger partial charge in [0.2, 0.25) is 5.91 Å². The number of amides is 1. The molecule has 0 radical (unpaired) electrons. The van der Waals surface area contributed by atoms with Crippen LogP contribution < -0.4 is 9.44 Å². The number of hydrogen-bond donors (Lipinski definition) is 2. The van der Waals surface area contributed by atoms with Gasteiger partial charge in [0.05, 0.1) is 9.79 Å². The second kappa shape index (κ2) is 7.79. The highest BCUT2D eigenvalue weighted by Gasteiger charge is 2.38. The quantitative estimate of drug-likeness (QED) is 0.723. The normalized spacial score (nSPS) is 16.3. The van der Waals surface area contributed by atoms with Crippen LogP contribution in [-0.2, 0) is 24.8 Å². The van der Waals surface area contributed by atoms with Gasteiger partial charge in [-0.1, -0.05) is 37.5 Å². The topological polar surface area (TPSA) is 109 Å². The molecule has 2 aromatic rings. The number of rotatable bonds is 6. The van der Waals surface area contributed by atoms with E-state index in [0.717, 1.165) is 18.4 Å². The summed E-state index contributed by atoms with van der Waals surface area (Å²) < 4.78 is 54.5. The van der Waals surface area contributed by atoms with Gasteiger partial charge in [0.15, 0.2) is 0 Å². The zero-order chi connectivity index (χ0) is 21.3. The standard InChI is InChI=1S/C20H24N2O5S2/c1-15-5-9-17(10-6-15)28(24,25)21-16-7-11-18(12-8-16)29(26,27)22-19(23)20(2)13-3-4-14-20/h5-12,21H,3-4,13-14H2,1-2H3,(H,22,23). The summed E-state index contributed by atoms with van der Waals surface area (Å²) in [6.07, 6.45) is 3.13. The van der Waals surface area contributed by atoms with Crippen molar-refractivity contribution in [3.8, 4) is 0 Å².